The smallest absolute Gasteiger partial charge is 0.0986 e. The molecule has 0 rings (SSSR count). The minimum absolute atomic E-state index is 0.338. The summed E-state index contributed by atoms with van der Waals surface area (Å²) >= 11 is 0. The summed E-state index contributed by atoms with van der Waals surface area (Å²) < 4.78 is 2.07. The van der Waals surface area contributed by atoms with Crippen LogP contribution in [0.3, 0.4) is 0 Å². The third kappa shape index (κ3) is 3.58. The first-order chi connectivity index (χ1) is 5.88. The van der Waals surface area contributed by atoms with Crippen molar-refractivity contribution in [3.8, 4) is 0 Å². The number of rotatable bonds is 4. The van der Waals surface area contributed by atoms with Crippen LogP contribution in [0.25, 0.3) is 0 Å². The molecule has 14 heavy (non-hydrogen) atoms. The van der Waals surface area contributed by atoms with Crippen molar-refractivity contribution in [3.63, 3.8) is 0 Å². The third-order valence-electron chi connectivity index (χ3n) is 3.93. The van der Waals surface area contributed by atoms with Crippen LogP contribution in [0.15, 0.2) is 0 Å². The van der Waals surface area contributed by atoms with Gasteiger partial charge in [0.15, 0.2) is 0 Å². The molecular formula is C12H30N2+2. The van der Waals surface area contributed by atoms with E-state index in [1.807, 2.05) is 0 Å². The predicted octanol–water partition coefficient (Wildman–Crippen LogP) is 1.96. The second-order valence-corrected chi connectivity index (χ2v) is 6.99. The molecule has 0 saturated carbocycles. The fourth-order valence-corrected chi connectivity index (χ4v) is 1.27. The maximum Gasteiger partial charge on any atom is 0.0986 e. The lowest BCUT2D eigenvalue weighted by atomic mass is 9.91. The highest BCUT2D eigenvalue weighted by molar-refractivity contribution is 4.72. The average Bonchev–Trinajstić information content (AvgIpc) is 1.80. The highest BCUT2D eigenvalue weighted by Gasteiger charge is 2.37. The molecule has 0 fully saturated rings. The Balaban J connectivity index is 4.53. The zero-order valence-electron chi connectivity index (χ0n) is 11.7. The van der Waals surface area contributed by atoms with E-state index in [0.29, 0.717) is 11.6 Å². The maximum atomic E-state index is 2.36. The Morgan fingerprint density at radius 1 is 0.929 bits per heavy atom. The third-order valence-corrected chi connectivity index (χ3v) is 3.93. The molecule has 0 aromatic heterocycles. The second-order valence-electron chi connectivity index (χ2n) is 6.99. The standard InChI is InChI=1S/C12H30N2/c1-11(13(4,5)6)10-12(2,3)14(7,8)9/h11H,10H2,1-9H3/q+2. The summed E-state index contributed by atoms with van der Waals surface area (Å²) in [6, 6.07) is 0.697. The van der Waals surface area contributed by atoms with Crippen molar-refractivity contribution in [3.05, 3.63) is 0 Å². The molecular weight excluding hydrogens is 172 g/mol. The lowest BCUT2D eigenvalue weighted by Crippen LogP contribution is -2.57. The quantitative estimate of drug-likeness (QED) is 0.611. The van der Waals surface area contributed by atoms with Crippen LogP contribution < -0.4 is 0 Å². The molecule has 1 unspecified atom stereocenters. The first-order valence-electron chi connectivity index (χ1n) is 5.50. The Kier molecular flexibility index (Phi) is 3.80. The minimum Gasteiger partial charge on any atom is -0.329 e. The van der Waals surface area contributed by atoms with E-state index < -0.39 is 0 Å². The molecule has 0 N–H and O–H groups in total. The molecule has 0 aliphatic rings. The molecule has 0 spiro atoms. The number of quaternary nitrogens is 2. The zero-order valence-corrected chi connectivity index (χ0v) is 11.7. The van der Waals surface area contributed by atoms with Gasteiger partial charge in [-0.15, -0.1) is 0 Å². The largest absolute Gasteiger partial charge is 0.329 e. The van der Waals surface area contributed by atoms with Crippen molar-refractivity contribution in [2.75, 3.05) is 42.3 Å². The number of hydrogen-bond donors (Lipinski definition) is 0. The van der Waals surface area contributed by atoms with Gasteiger partial charge >= 0.3 is 0 Å². The van der Waals surface area contributed by atoms with Gasteiger partial charge in [0.05, 0.1) is 60.3 Å². The fraction of sp³-hybridized carbons (Fsp3) is 1.00. The van der Waals surface area contributed by atoms with Crippen LogP contribution in [0.1, 0.15) is 27.2 Å². The van der Waals surface area contributed by atoms with E-state index in [4.69, 9.17) is 0 Å². The second kappa shape index (κ2) is 3.82. The summed E-state index contributed by atoms with van der Waals surface area (Å²) in [6.45, 7) is 7.07. The van der Waals surface area contributed by atoms with Crippen LogP contribution in [0.2, 0.25) is 0 Å². The topological polar surface area (TPSA) is 0 Å². The number of hydrogen-bond acceptors (Lipinski definition) is 0. The van der Waals surface area contributed by atoms with Crippen LogP contribution in [-0.4, -0.2) is 62.8 Å². The van der Waals surface area contributed by atoms with Crippen molar-refractivity contribution >= 4 is 0 Å². The van der Waals surface area contributed by atoms with Gasteiger partial charge in [-0.3, -0.25) is 0 Å². The van der Waals surface area contributed by atoms with Crippen molar-refractivity contribution < 1.29 is 8.97 Å². The Morgan fingerprint density at radius 2 is 1.29 bits per heavy atom. The maximum absolute atomic E-state index is 2.36. The van der Waals surface area contributed by atoms with E-state index in [-0.39, 0.29) is 0 Å². The van der Waals surface area contributed by atoms with Gasteiger partial charge in [0.1, 0.15) is 0 Å². The summed E-state index contributed by atoms with van der Waals surface area (Å²) in [5.74, 6) is 0. The summed E-state index contributed by atoms with van der Waals surface area (Å²) in [7, 11) is 13.7. The molecule has 0 aromatic carbocycles. The van der Waals surface area contributed by atoms with Gasteiger partial charge in [-0.1, -0.05) is 0 Å². The molecule has 0 amide bonds. The molecule has 0 aliphatic carbocycles. The van der Waals surface area contributed by atoms with Crippen molar-refractivity contribution in [2.45, 2.75) is 38.8 Å². The Labute approximate surface area is 90.7 Å². The summed E-state index contributed by atoms with van der Waals surface area (Å²) in [6.07, 6.45) is 1.25. The Bertz CT molecular complexity index is 181. The fourth-order valence-electron chi connectivity index (χ4n) is 1.27. The van der Waals surface area contributed by atoms with Gasteiger partial charge in [0.2, 0.25) is 0 Å². The summed E-state index contributed by atoms with van der Waals surface area (Å²) in [5, 5.41) is 0. The van der Waals surface area contributed by atoms with Gasteiger partial charge in [0, 0.05) is 0 Å². The minimum atomic E-state index is 0.338. The van der Waals surface area contributed by atoms with Crippen LogP contribution in [0.5, 0.6) is 0 Å². The van der Waals surface area contributed by atoms with E-state index in [1.54, 1.807) is 0 Å². The van der Waals surface area contributed by atoms with Gasteiger partial charge in [-0.2, -0.15) is 0 Å². The van der Waals surface area contributed by atoms with E-state index in [1.165, 1.54) is 6.42 Å². The van der Waals surface area contributed by atoms with E-state index in [2.05, 4.69) is 63.1 Å². The lowest BCUT2D eigenvalue weighted by Gasteiger charge is -2.45. The van der Waals surface area contributed by atoms with Crippen LogP contribution in [0, 0.1) is 0 Å². The van der Waals surface area contributed by atoms with Crippen molar-refractivity contribution in [2.24, 2.45) is 0 Å². The predicted molar refractivity (Wildman–Crippen MR) is 64.2 cm³/mol. The van der Waals surface area contributed by atoms with Gasteiger partial charge in [0.25, 0.3) is 0 Å². The van der Waals surface area contributed by atoms with E-state index in [0.717, 1.165) is 8.97 Å². The lowest BCUT2D eigenvalue weighted by molar-refractivity contribution is -0.935. The van der Waals surface area contributed by atoms with Gasteiger partial charge in [-0.05, 0) is 20.8 Å². The van der Waals surface area contributed by atoms with Crippen molar-refractivity contribution in [1.82, 2.24) is 0 Å². The molecule has 2 heteroatoms. The molecule has 86 valence electrons. The summed E-state index contributed by atoms with van der Waals surface area (Å²) in [4.78, 5) is 0. The molecule has 0 radical (unpaired) electrons. The SMILES string of the molecule is CC(CC(C)(C)[N+](C)(C)C)[N+](C)(C)C. The normalized spacial score (nSPS) is 16.9. The molecule has 0 aliphatic heterocycles. The first kappa shape index (κ1) is 13.9. The van der Waals surface area contributed by atoms with E-state index in [9.17, 15) is 0 Å². The summed E-state index contributed by atoms with van der Waals surface area (Å²) in [5.41, 5.74) is 0.338. The van der Waals surface area contributed by atoms with Gasteiger partial charge in [-0.25, -0.2) is 0 Å². The molecule has 0 saturated heterocycles. The van der Waals surface area contributed by atoms with Gasteiger partial charge < -0.3 is 8.97 Å². The van der Waals surface area contributed by atoms with E-state index >= 15 is 0 Å². The van der Waals surface area contributed by atoms with Crippen LogP contribution in [0.4, 0.5) is 0 Å². The van der Waals surface area contributed by atoms with Crippen LogP contribution >= 0.6 is 0 Å². The molecule has 0 bridgehead atoms. The average molecular weight is 202 g/mol. The first-order valence-corrected chi connectivity index (χ1v) is 5.50. The zero-order chi connectivity index (χ0) is 11.8. The monoisotopic (exact) mass is 202 g/mol. The molecule has 0 aromatic rings. The molecule has 1 atom stereocenters. The highest BCUT2D eigenvalue weighted by Crippen LogP contribution is 2.26. The molecule has 0 heterocycles. The highest BCUT2D eigenvalue weighted by atomic mass is 15.4. The molecule has 2 nitrogen and oxygen atoms in total. The van der Waals surface area contributed by atoms with Crippen molar-refractivity contribution in [1.29, 1.82) is 0 Å². The van der Waals surface area contributed by atoms with Crippen LogP contribution in [-0.2, 0) is 0 Å². The Morgan fingerprint density at radius 3 is 1.50 bits per heavy atom. The Hall–Kier alpha value is -0.0800. The number of nitrogens with zero attached hydrogens (tertiary/aromatic N) is 2.